The van der Waals surface area contributed by atoms with Gasteiger partial charge in [-0.05, 0) is 30.5 Å². The second-order valence-corrected chi connectivity index (χ2v) is 7.03. The van der Waals surface area contributed by atoms with Gasteiger partial charge in [-0.1, -0.05) is 24.9 Å². The van der Waals surface area contributed by atoms with Crippen LogP contribution in [-0.4, -0.2) is 32.3 Å². The van der Waals surface area contributed by atoms with Crippen LogP contribution in [0.1, 0.15) is 30.1 Å². The van der Waals surface area contributed by atoms with Gasteiger partial charge in [0.15, 0.2) is 0 Å². The number of primary sulfonamides is 1. The van der Waals surface area contributed by atoms with Crippen molar-refractivity contribution in [1.82, 2.24) is 4.90 Å². The molecule has 7 heteroatoms. The summed E-state index contributed by atoms with van der Waals surface area (Å²) in [7, 11) is -3.88. The van der Waals surface area contributed by atoms with Gasteiger partial charge >= 0.3 is 0 Å². The lowest BCUT2D eigenvalue weighted by Gasteiger charge is -2.17. The van der Waals surface area contributed by atoms with Gasteiger partial charge in [0, 0.05) is 23.7 Å². The Balaban J connectivity index is 2.29. The number of hydrogen-bond donors (Lipinski definition) is 1. The molecule has 1 heterocycles. The van der Waals surface area contributed by atoms with E-state index in [1.54, 1.807) is 4.90 Å². The van der Waals surface area contributed by atoms with Crippen molar-refractivity contribution in [1.29, 1.82) is 0 Å². The monoisotopic (exact) mass is 316 g/mol. The average Bonchev–Trinajstić information content (AvgIpc) is 2.84. The predicted octanol–water partition coefficient (Wildman–Crippen LogP) is 1.86. The van der Waals surface area contributed by atoms with Crippen molar-refractivity contribution in [3.05, 3.63) is 28.8 Å². The number of carbonyl (C=O) groups is 1. The number of hydrogen-bond acceptors (Lipinski definition) is 3. The van der Waals surface area contributed by atoms with Crippen LogP contribution in [0.25, 0.3) is 0 Å². The summed E-state index contributed by atoms with van der Waals surface area (Å²) in [5.41, 5.74) is 0.262. The Hall–Kier alpha value is -1.11. The number of sulfonamides is 1. The lowest BCUT2D eigenvalue weighted by Crippen LogP contribution is -2.29. The number of rotatable bonds is 3. The molecule has 1 saturated heterocycles. The Labute approximate surface area is 123 Å². The van der Waals surface area contributed by atoms with E-state index in [1.165, 1.54) is 18.2 Å². The Morgan fingerprint density at radius 1 is 1.45 bits per heavy atom. The van der Waals surface area contributed by atoms with Crippen molar-refractivity contribution >= 4 is 27.5 Å². The van der Waals surface area contributed by atoms with Gasteiger partial charge in [0.05, 0.1) is 4.90 Å². The Kier molecular flexibility index (Phi) is 4.36. The van der Waals surface area contributed by atoms with E-state index < -0.39 is 10.0 Å². The number of benzene rings is 1. The van der Waals surface area contributed by atoms with E-state index in [4.69, 9.17) is 16.7 Å². The molecule has 1 aliphatic heterocycles. The van der Waals surface area contributed by atoms with Crippen LogP contribution in [0.15, 0.2) is 23.1 Å². The molecular weight excluding hydrogens is 300 g/mol. The maximum atomic E-state index is 12.4. The molecule has 20 heavy (non-hydrogen) atoms. The van der Waals surface area contributed by atoms with Gasteiger partial charge in [0.1, 0.15) is 0 Å². The van der Waals surface area contributed by atoms with Gasteiger partial charge in [-0.2, -0.15) is 0 Å². The highest BCUT2D eigenvalue weighted by molar-refractivity contribution is 7.89. The fraction of sp³-hybridized carbons (Fsp3) is 0.462. The van der Waals surface area contributed by atoms with Crippen molar-refractivity contribution in [3.8, 4) is 0 Å². The molecule has 1 amide bonds. The summed E-state index contributed by atoms with van der Waals surface area (Å²) in [4.78, 5) is 14.0. The minimum absolute atomic E-state index is 0.139. The maximum absolute atomic E-state index is 12.4. The molecule has 1 fully saturated rings. The van der Waals surface area contributed by atoms with E-state index in [0.717, 1.165) is 12.8 Å². The highest BCUT2D eigenvalue weighted by Crippen LogP contribution is 2.24. The van der Waals surface area contributed by atoms with Crippen molar-refractivity contribution in [2.24, 2.45) is 11.1 Å². The number of nitrogens with two attached hydrogens (primary N) is 1. The minimum Gasteiger partial charge on any atom is -0.338 e. The Bertz CT molecular complexity index is 631. The molecule has 2 rings (SSSR count). The Morgan fingerprint density at radius 2 is 2.15 bits per heavy atom. The first-order valence-electron chi connectivity index (χ1n) is 6.44. The number of halogens is 1. The van der Waals surface area contributed by atoms with Crippen molar-refractivity contribution in [2.45, 2.75) is 24.7 Å². The van der Waals surface area contributed by atoms with Gasteiger partial charge in [0.25, 0.3) is 5.91 Å². The van der Waals surface area contributed by atoms with Gasteiger partial charge in [-0.15, -0.1) is 0 Å². The molecule has 5 nitrogen and oxygen atoms in total. The van der Waals surface area contributed by atoms with Gasteiger partial charge in [-0.25, -0.2) is 13.6 Å². The third-order valence-corrected chi connectivity index (χ3v) is 4.71. The summed E-state index contributed by atoms with van der Waals surface area (Å²) in [6, 6.07) is 3.99. The predicted molar refractivity (Wildman–Crippen MR) is 77.1 cm³/mol. The van der Waals surface area contributed by atoms with Crippen molar-refractivity contribution in [3.63, 3.8) is 0 Å². The Morgan fingerprint density at radius 3 is 2.70 bits per heavy atom. The van der Waals surface area contributed by atoms with Crippen LogP contribution < -0.4 is 5.14 Å². The standard InChI is InChI=1S/C13H17ClN2O3S/c1-2-9-3-4-16(8-9)13(17)10-5-11(14)7-12(6-10)20(15,18)19/h5-7,9H,2-4,8H2,1H3,(H2,15,18,19). The van der Waals surface area contributed by atoms with E-state index in [2.05, 4.69) is 6.92 Å². The molecule has 0 bridgehead atoms. The lowest BCUT2D eigenvalue weighted by molar-refractivity contribution is 0.0786. The minimum atomic E-state index is -3.88. The molecule has 0 radical (unpaired) electrons. The zero-order valence-corrected chi connectivity index (χ0v) is 12.7. The van der Waals surface area contributed by atoms with Crippen LogP contribution >= 0.6 is 11.6 Å². The van der Waals surface area contributed by atoms with E-state index >= 15 is 0 Å². The van der Waals surface area contributed by atoms with Gasteiger partial charge in [-0.3, -0.25) is 4.79 Å². The lowest BCUT2D eigenvalue weighted by atomic mass is 10.1. The van der Waals surface area contributed by atoms with E-state index in [9.17, 15) is 13.2 Å². The average molecular weight is 317 g/mol. The summed E-state index contributed by atoms with van der Waals surface area (Å²) in [5.74, 6) is 0.309. The molecule has 110 valence electrons. The smallest absolute Gasteiger partial charge is 0.253 e. The van der Waals surface area contributed by atoms with Crippen LogP contribution in [0.3, 0.4) is 0 Å². The molecule has 0 saturated carbocycles. The van der Waals surface area contributed by atoms with E-state index in [0.29, 0.717) is 19.0 Å². The number of nitrogens with zero attached hydrogens (tertiary/aromatic N) is 1. The first-order chi connectivity index (χ1) is 9.31. The third-order valence-electron chi connectivity index (χ3n) is 3.60. The molecule has 1 aromatic carbocycles. The molecule has 0 aromatic heterocycles. The maximum Gasteiger partial charge on any atom is 0.253 e. The summed E-state index contributed by atoms with van der Waals surface area (Å²) in [5, 5.41) is 5.27. The number of carbonyl (C=O) groups excluding carboxylic acids is 1. The zero-order chi connectivity index (χ0) is 14.9. The van der Waals surface area contributed by atoms with Gasteiger partial charge < -0.3 is 4.90 Å². The largest absolute Gasteiger partial charge is 0.338 e. The van der Waals surface area contributed by atoms with Crippen LogP contribution in [0.4, 0.5) is 0 Å². The van der Waals surface area contributed by atoms with Crippen LogP contribution in [0, 0.1) is 5.92 Å². The first kappa shape index (κ1) is 15.3. The SMILES string of the molecule is CCC1CCN(C(=O)c2cc(Cl)cc(S(N)(=O)=O)c2)C1. The highest BCUT2D eigenvalue weighted by atomic mass is 35.5. The highest BCUT2D eigenvalue weighted by Gasteiger charge is 2.26. The first-order valence-corrected chi connectivity index (χ1v) is 8.36. The molecule has 2 N–H and O–H groups in total. The molecule has 1 aromatic rings. The molecule has 0 aliphatic carbocycles. The van der Waals surface area contributed by atoms with Crippen LogP contribution in [0.5, 0.6) is 0 Å². The molecule has 1 unspecified atom stereocenters. The van der Waals surface area contributed by atoms with Crippen molar-refractivity contribution < 1.29 is 13.2 Å². The molecule has 1 atom stereocenters. The number of amides is 1. The van der Waals surface area contributed by atoms with Gasteiger partial charge in [0.2, 0.25) is 10.0 Å². The normalized spacial score (nSPS) is 19.4. The second kappa shape index (κ2) is 5.71. The summed E-state index contributed by atoms with van der Waals surface area (Å²) in [6.07, 6.45) is 2.01. The number of likely N-dealkylation sites (tertiary alicyclic amines) is 1. The summed E-state index contributed by atoms with van der Waals surface area (Å²) < 4.78 is 22.7. The summed E-state index contributed by atoms with van der Waals surface area (Å²) in [6.45, 7) is 3.48. The quantitative estimate of drug-likeness (QED) is 0.924. The van der Waals surface area contributed by atoms with Crippen LogP contribution in [-0.2, 0) is 10.0 Å². The fourth-order valence-electron chi connectivity index (χ4n) is 2.38. The van der Waals surface area contributed by atoms with E-state index in [1.807, 2.05) is 0 Å². The van der Waals surface area contributed by atoms with Crippen LogP contribution in [0.2, 0.25) is 5.02 Å². The summed E-state index contributed by atoms with van der Waals surface area (Å²) >= 11 is 5.87. The molecule has 0 spiro atoms. The zero-order valence-electron chi connectivity index (χ0n) is 11.2. The molecular formula is C13H17ClN2O3S. The third kappa shape index (κ3) is 3.31. The van der Waals surface area contributed by atoms with Crippen molar-refractivity contribution in [2.75, 3.05) is 13.1 Å². The molecule has 1 aliphatic rings. The topological polar surface area (TPSA) is 80.5 Å². The van der Waals surface area contributed by atoms with E-state index in [-0.39, 0.29) is 21.4 Å². The fourth-order valence-corrected chi connectivity index (χ4v) is 3.27. The second-order valence-electron chi connectivity index (χ2n) is 5.03.